The van der Waals surface area contributed by atoms with E-state index in [1.165, 1.54) is 12.8 Å². The first-order chi connectivity index (χ1) is 9.70. The van der Waals surface area contributed by atoms with Crippen molar-refractivity contribution >= 4 is 0 Å². The SMILES string of the molecule is CCCC/C=C/CCCO[C@@H](CO)[C@H]1OC[C@@H](O)[C@H]1O. The third kappa shape index (κ3) is 5.89. The maximum Gasteiger partial charge on any atom is 0.114 e. The second-order valence-electron chi connectivity index (χ2n) is 5.20. The average molecular weight is 288 g/mol. The van der Waals surface area contributed by atoms with Gasteiger partial charge in [0.1, 0.15) is 24.4 Å². The summed E-state index contributed by atoms with van der Waals surface area (Å²) in [5.74, 6) is 0. The van der Waals surface area contributed by atoms with Crippen LogP contribution >= 0.6 is 0 Å². The molecule has 0 aromatic heterocycles. The Kier molecular flexibility index (Phi) is 9.05. The molecule has 1 aliphatic heterocycles. The molecule has 4 atom stereocenters. The Morgan fingerprint density at radius 2 is 1.95 bits per heavy atom. The Labute approximate surface area is 121 Å². The lowest BCUT2D eigenvalue weighted by Gasteiger charge is -2.24. The van der Waals surface area contributed by atoms with Crippen LogP contribution in [0.4, 0.5) is 0 Å². The molecule has 0 unspecified atom stereocenters. The number of aliphatic hydroxyl groups excluding tert-OH is 3. The molecule has 5 heteroatoms. The zero-order chi connectivity index (χ0) is 14.8. The predicted molar refractivity (Wildman–Crippen MR) is 76.5 cm³/mol. The van der Waals surface area contributed by atoms with Crippen molar-refractivity contribution < 1.29 is 24.8 Å². The first kappa shape index (κ1) is 17.6. The van der Waals surface area contributed by atoms with Gasteiger partial charge in [-0.2, -0.15) is 0 Å². The molecule has 1 rings (SSSR count). The van der Waals surface area contributed by atoms with Crippen LogP contribution in [0.5, 0.6) is 0 Å². The lowest BCUT2D eigenvalue weighted by molar-refractivity contribution is -0.101. The van der Waals surface area contributed by atoms with Gasteiger partial charge in [0.05, 0.1) is 13.2 Å². The molecule has 20 heavy (non-hydrogen) atoms. The largest absolute Gasteiger partial charge is 0.394 e. The van der Waals surface area contributed by atoms with Crippen molar-refractivity contribution in [1.82, 2.24) is 0 Å². The molecule has 1 heterocycles. The molecule has 1 aliphatic rings. The van der Waals surface area contributed by atoms with E-state index in [2.05, 4.69) is 19.1 Å². The number of hydrogen-bond donors (Lipinski definition) is 3. The van der Waals surface area contributed by atoms with Crippen molar-refractivity contribution in [2.75, 3.05) is 19.8 Å². The van der Waals surface area contributed by atoms with Crippen molar-refractivity contribution in [1.29, 1.82) is 0 Å². The highest BCUT2D eigenvalue weighted by atomic mass is 16.6. The number of aliphatic hydroxyl groups is 3. The minimum absolute atomic E-state index is 0.0891. The summed E-state index contributed by atoms with van der Waals surface area (Å²) in [7, 11) is 0. The molecule has 118 valence electrons. The van der Waals surface area contributed by atoms with Crippen LogP contribution in [0.25, 0.3) is 0 Å². The molecule has 5 nitrogen and oxygen atoms in total. The second kappa shape index (κ2) is 10.3. The zero-order valence-electron chi connectivity index (χ0n) is 12.3. The number of hydrogen-bond acceptors (Lipinski definition) is 5. The quantitative estimate of drug-likeness (QED) is 0.413. The highest BCUT2D eigenvalue weighted by Gasteiger charge is 2.40. The molecule has 0 aliphatic carbocycles. The van der Waals surface area contributed by atoms with Crippen molar-refractivity contribution in [3.63, 3.8) is 0 Å². The smallest absolute Gasteiger partial charge is 0.114 e. The lowest BCUT2D eigenvalue weighted by Crippen LogP contribution is -2.42. The molecule has 0 saturated carbocycles. The first-order valence-corrected chi connectivity index (χ1v) is 7.55. The van der Waals surface area contributed by atoms with Crippen LogP contribution < -0.4 is 0 Å². The summed E-state index contributed by atoms with van der Waals surface area (Å²) in [5, 5.41) is 28.4. The maximum absolute atomic E-state index is 9.70. The van der Waals surface area contributed by atoms with Crippen LogP contribution in [0.15, 0.2) is 12.2 Å². The van der Waals surface area contributed by atoms with Crippen molar-refractivity contribution in [3.8, 4) is 0 Å². The van der Waals surface area contributed by atoms with E-state index in [4.69, 9.17) is 9.47 Å². The fraction of sp³-hybridized carbons (Fsp3) is 0.867. The van der Waals surface area contributed by atoms with Crippen LogP contribution in [-0.2, 0) is 9.47 Å². The highest BCUT2D eigenvalue weighted by molar-refractivity contribution is 4.88. The summed E-state index contributed by atoms with van der Waals surface area (Å²) in [6.07, 6.45) is 6.60. The summed E-state index contributed by atoms with van der Waals surface area (Å²) in [6.45, 7) is 2.55. The molecular weight excluding hydrogens is 260 g/mol. The molecule has 0 spiro atoms. The van der Waals surface area contributed by atoms with E-state index in [9.17, 15) is 15.3 Å². The van der Waals surface area contributed by atoms with Gasteiger partial charge in [0, 0.05) is 6.61 Å². The minimum atomic E-state index is -0.985. The van der Waals surface area contributed by atoms with Gasteiger partial charge in [-0.25, -0.2) is 0 Å². The van der Waals surface area contributed by atoms with Crippen molar-refractivity contribution in [3.05, 3.63) is 12.2 Å². The Bertz CT molecular complexity index is 269. The third-order valence-corrected chi connectivity index (χ3v) is 3.47. The minimum Gasteiger partial charge on any atom is -0.394 e. The van der Waals surface area contributed by atoms with Crippen LogP contribution in [0.2, 0.25) is 0 Å². The molecule has 0 aromatic rings. The fourth-order valence-electron chi connectivity index (χ4n) is 2.20. The molecule has 0 amide bonds. The van der Waals surface area contributed by atoms with Gasteiger partial charge in [-0.15, -0.1) is 0 Å². The summed E-state index contributed by atoms with van der Waals surface area (Å²) in [4.78, 5) is 0. The van der Waals surface area contributed by atoms with Crippen molar-refractivity contribution in [2.45, 2.75) is 63.4 Å². The van der Waals surface area contributed by atoms with Gasteiger partial charge in [0.15, 0.2) is 0 Å². The topological polar surface area (TPSA) is 79.2 Å². The van der Waals surface area contributed by atoms with E-state index in [1.54, 1.807) is 0 Å². The summed E-state index contributed by atoms with van der Waals surface area (Å²) >= 11 is 0. The van der Waals surface area contributed by atoms with E-state index in [1.807, 2.05) is 0 Å². The Hall–Kier alpha value is -0.460. The molecule has 3 N–H and O–H groups in total. The van der Waals surface area contributed by atoms with Crippen LogP contribution in [0.1, 0.15) is 39.0 Å². The normalized spacial score (nSPS) is 28.3. The number of rotatable bonds is 10. The Morgan fingerprint density at radius 3 is 2.50 bits per heavy atom. The van der Waals surface area contributed by atoms with Gasteiger partial charge in [0.25, 0.3) is 0 Å². The molecule has 0 bridgehead atoms. The zero-order valence-corrected chi connectivity index (χ0v) is 12.3. The molecule has 1 fully saturated rings. The van der Waals surface area contributed by atoms with E-state index >= 15 is 0 Å². The molecule has 0 aromatic carbocycles. The van der Waals surface area contributed by atoms with Crippen molar-refractivity contribution in [2.24, 2.45) is 0 Å². The summed E-state index contributed by atoms with van der Waals surface area (Å²) in [6, 6.07) is 0. The monoisotopic (exact) mass is 288 g/mol. The van der Waals surface area contributed by atoms with Gasteiger partial charge in [0.2, 0.25) is 0 Å². The van der Waals surface area contributed by atoms with E-state index in [0.29, 0.717) is 6.61 Å². The van der Waals surface area contributed by atoms with Gasteiger partial charge in [-0.05, 0) is 19.3 Å². The first-order valence-electron chi connectivity index (χ1n) is 7.55. The van der Waals surface area contributed by atoms with Crippen LogP contribution in [0.3, 0.4) is 0 Å². The number of unbranched alkanes of at least 4 members (excludes halogenated alkanes) is 3. The highest BCUT2D eigenvalue weighted by Crippen LogP contribution is 2.19. The standard InChI is InChI=1S/C15H28O5/c1-2-3-4-5-6-7-8-9-19-13(10-16)15-14(18)12(17)11-20-15/h5-6,12-18H,2-4,7-11H2,1H3/b6-5+/t12-,13+,14-,15-/m1/s1. The molecular formula is C15H28O5. The van der Waals surface area contributed by atoms with E-state index in [0.717, 1.165) is 19.3 Å². The van der Waals surface area contributed by atoms with E-state index < -0.39 is 24.4 Å². The fourth-order valence-corrected chi connectivity index (χ4v) is 2.20. The van der Waals surface area contributed by atoms with Gasteiger partial charge in [-0.1, -0.05) is 31.9 Å². The van der Waals surface area contributed by atoms with Gasteiger partial charge >= 0.3 is 0 Å². The number of ether oxygens (including phenoxy) is 2. The summed E-state index contributed by atoms with van der Waals surface area (Å²) in [5.41, 5.74) is 0. The molecule has 0 radical (unpaired) electrons. The second-order valence-corrected chi connectivity index (χ2v) is 5.20. The van der Waals surface area contributed by atoms with Crippen LogP contribution in [0, 0.1) is 0 Å². The Morgan fingerprint density at radius 1 is 1.25 bits per heavy atom. The molecule has 1 saturated heterocycles. The summed E-state index contributed by atoms with van der Waals surface area (Å²) < 4.78 is 10.8. The lowest BCUT2D eigenvalue weighted by atomic mass is 10.1. The predicted octanol–water partition coefficient (Wildman–Crippen LogP) is 1.01. The Balaban J connectivity index is 2.14. The van der Waals surface area contributed by atoms with Crippen LogP contribution in [-0.4, -0.2) is 59.6 Å². The third-order valence-electron chi connectivity index (χ3n) is 3.47. The average Bonchev–Trinajstić information content (AvgIpc) is 2.78. The number of allylic oxidation sites excluding steroid dienone is 2. The van der Waals surface area contributed by atoms with Gasteiger partial charge < -0.3 is 24.8 Å². The maximum atomic E-state index is 9.70. The van der Waals surface area contributed by atoms with E-state index in [-0.39, 0.29) is 13.2 Å². The van der Waals surface area contributed by atoms with Gasteiger partial charge in [-0.3, -0.25) is 0 Å².